The summed E-state index contributed by atoms with van der Waals surface area (Å²) in [5.74, 6) is -0.0204. The van der Waals surface area contributed by atoms with Gasteiger partial charge in [-0.2, -0.15) is 10.1 Å². The van der Waals surface area contributed by atoms with Crippen molar-refractivity contribution in [3.63, 3.8) is 0 Å². The summed E-state index contributed by atoms with van der Waals surface area (Å²) in [7, 11) is 0. The average Bonchev–Trinajstić information content (AvgIpc) is 2.35. The lowest BCUT2D eigenvalue weighted by Crippen LogP contribution is -1.91. The zero-order valence-electron chi connectivity index (χ0n) is 5.15. The van der Waals surface area contributed by atoms with E-state index in [0.717, 1.165) is 5.22 Å². The van der Waals surface area contributed by atoms with Crippen LogP contribution >= 0.6 is 0 Å². The number of rotatable bonds is 0. The monoisotopic (exact) mass is 135 g/mol. The highest BCUT2D eigenvalue weighted by atomic mass is 16.3. The summed E-state index contributed by atoms with van der Waals surface area (Å²) in [6.07, 6.45) is 3.03. The summed E-state index contributed by atoms with van der Waals surface area (Å²) < 4.78 is 1.48. The zero-order chi connectivity index (χ0) is 7.14. The molecule has 0 saturated carbocycles. The molecule has 0 amide bonds. The van der Waals surface area contributed by atoms with Crippen molar-refractivity contribution in [2.75, 3.05) is 0 Å². The average molecular weight is 135 g/mol. The third-order valence-electron chi connectivity index (χ3n) is 1.30. The molecule has 0 unspecified atom stereocenters. The van der Waals surface area contributed by atoms with E-state index in [-0.39, 0.29) is 5.88 Å². The maximum Gasteiger partial charge on any atom is 0.231 e. The van der Waals surface area contributed by atoms with Crippen molar-refractivity contribution >= 4 is 12.2 Å². The second-order valence-electron chi connectivity index (χ2n) is 2.04. The minimum absolute atomic E-state index is 0.0204. The van der Waals surface area contributed by atoms with E-state index in [1.807, 2.05) is 0 Å². The van der Waals surface area contributed by atoms with Crippen LogP contribution in [-0.4, -0.2) is 19.7 Å². The molecule has 2 aromatic heterocycles. The number of hydrogen-bond donors (Lipinski definition) is 1. The predicted octanol–water partition coefficient (Wildman–Crippen LogP) is -0.436. The van der Waals surface area contributed by atoms with Crippen LogP contribution in [0.1, 0.15) is 0 Å². The Labute approximate surface area is 56.4 Å². The van der Waals surface area contributed by atoms with Crippen molar-refractivity contribution in [2.24, 2.45) is 0 Å². The van der Waals surface area contributed by atoms with Crippen molar-refractivity contribution < 1.29 is 5.11 Å². The fourth-order valence-corrected chi connectivity index (χ4v) is 0.856. The SMILES string of the molecule is C=c1cnn2cc(O)nc12. The molecule has 4 heteroatoms. The lowest BCUT2D eigenvalue weighted by molar-refractivity contribution is 0.456. The van der Waals surface area contributed by atoms with Gasteiger partial charge in [0.1, 0.15) is 0 Å². The van der Waals surface area contributed by atoms with Crippen LogP contribution in [0, 0.1) is 0 Å². The van der Waals surface area contributed by atoms with Crippen LogP contribution in [0.3, 0.4) is 0 Å². The van der Waals surface area contributed by atoms with Gasteiger partial charge in [0.15, 0.2) is 5.65 Å². The van der Waals surface area contributed by atoms with Crippen LogP contribution in [-0.2, 0) is 0 Å². The van der Waals surface area contributed by atoms with Crippen LogP contribution < -0.4 is 5.22 Å². The molecule has 0 aliphatic carbocycles. The molecule has 0 radical (unpaired) electrons. The quantitative estimate of drug-likeness (QED) is 0.533. The largest absolute Gasteiger partial charge is 0.492 e. The molecule has 0 aliphatic heterocycles. The number of fused-ring (bicyclic) bond motifs is 1. The highest BCUT2D eigenvalue weighted by Crippen LogP contribution is 2.03. The molecule has 0 aromatic carbocycles. The maximum absolute atomic E-state index is 8.87. The lowest BCUT2D eigenvalue weighted by atomic mass is 10.5. The van der Waals surface area contributed by atoms with Gasteiger partial charge in [-0.3, -0.25) is 0 Å². The first-order valence-corrected chi connectivity index (χ1v) is 2.79. The third-order valence-corrected chi connectivity index (χ3v) is 1.30. The number of aromatic hydroxyl groups is 1. The summed E-state index contributed by atoms with van der Waals surface area (Å²) >= 11 is 0. The van der Waals surface area contributed by atoms with Crippen LogP contribution in [0.4, 0.5) is 0 Å². The van der Waals surface area contributed by atoms with Crippen molar-refractivity contribution in [1.29, 1.82) is 0 Å². The highest BCUT2D eigenvalue weighted by molar-refractivity contribution is 5.42. The molecule has 4 nitrogen and oxygen atoms in total. The molecule has 0 fully saturated rings. The molecule has 0 saturated heterocycles. The minimum atomic E-state index is -0.0204. The Hall–Kier alpha value is -1.58. The van der Waals surface area contributed by atoms with E-state index in [9.17, 15) is 0 Å². The van der Waals surface area contributed by atoms with Gasteiger partial charge in [0.05, 0.1) is 12.4 Å². The molecule has 0 bridgehead atoms. The third kappa shape index (κ3) is 0.500. The number of hydrogen-bond acceptors (Lipinski definition) is 3. The highest BCUT2D eigenvalue weighted by Gasteiger charge is 2.00. The van der Waals surface area contributed by atoms with Gasteiger partial charge in [-0.05, 0) is 0 Å². The Morgan fingerprint density at radius 3 is 3.10 bits per heavy atom. The van der Waals surface area contributed by atoms with Crippen molar-refractivity contribution in [3.05, 3.63) is 17.6 Å². The molecule has 50 valence electrons. The van der Waals surface area contributed by atoms with E-state index in [1.54, 1.807) is 6.20 Å². The number of nitrogens with zero attached hydrogens (tertiary/aromatic N) is 3. The van der Waals surface area contributed by atoms with Crippen molar-refractivity contribution in [3.8, 4) is 5.88 Å². The first-order chi connectivity index (χ1) is 4.77. The summed E-state index contributed by atoms with van der Waals surface area (Å²) in [5.41, 5.74) is 0.609. The second kappa shape index (κ2) is 1.47. The van der Waals surface area contributed by atoms with Crippen LogP contribution in [0.25, 0.3) is 12.2 Å². The second-order valence-corrected chi connectivity index (χ2v) is 2.04. The van der Waals surface area contributed by atoms with Crippen molar-refractivity contribution in [1.82, 2.24) is 14.6 Å². The summed E-state index contributed by atoms with van der Waals surface area (Å²) in [5, 5.41) is 13.5. The smallest absolute Gasteiger partial charge is 0.231 e. The molecular formula is C6H5N3O. The molecule has 0 atom stereocenters. The first kappa shape index (κ1) is 5.22. The Kier molecular flexibility index (Phi) is 0.768. The molecule has 0 aliphatic rings. The van der Waals surface area contributed by atoms with Crippen LogP contribution in [0.5, 0.6) is 5.88 Å². The molecule has 2 aromatic rings. The normalized spacial score (nSPS) is 10.8. The van der Waals surface area contributed by atoms with Gasteiger partial charge in [-0.25, -0.2) is 4.52 Å². The number of imidazole rings is 1. The van der Waals surface area contributed by atoms with E-state index in [1.165, 1.54) is 10.7 Å². The zero-order valence-corrected chi connectivity index (χ0v) is 5.15. The summed E-state index contributed by atoms with van der Waals surface area (Å²) in [6.45, 7) is 3.67. The standard InChI is InChI=1S/C6H5N3O/c1-4-2-7-9-3-5(10)8-6(4)9/h2-3,10H,1H2. The van der Waals surface area contributed by atoms with E-state index in [4.69, 9.17) is 5.11 Å². The summed E-state index contributed by atoms with van der Waals surface area (Å²) in [6, 6.07) is 0. The lowest BCUT2D eigenvalue weighted by Gasteiger charge is -1.71. The fraction of sp³-hybridized carbons (Fsp3) is 0. The van der Waals surface area contributed by atoms with Crippen molar-refractivity contribution in [2.45, 2.75) is 0 Å². The molecule has 2 heterocycles. The Morgan fingerprint density at radius 1 is 1.60 bits per heavy atom. The first-order valence-electron chi connectivity index (χ1n) is 2.79. The Morgan fingerprint density at radius 2 is 2.40 bits per heavy atom. The van der Waals surface area contributed by atoms with Gasteiger partial charge in [-0.1, -0.05) is 6.58 Å². The van der Waals surface area contributed by atoms with E-state index in [2.05, 4.69) is 16.7 Å². The summed E-state index contributed by atoms with van der Waals surface area (Å²) in [4.78, 5) is 3.77. The van der Waals surface area contributed by atoms with Gasteiger partial charge in [0.2, 0.25) is 5.88 Å². The van der Waals surface area contributed by atoms with Gasteiger partial charge in [-0.15, -0.1) is 0 Å². The van der Waals surface area contributed by atoms with E-state index >= 15 is 0 Å². The minimum Gasteiger partial charge on any atom is -0.492 e. The number of aromatic nitrogens is 3. The van der Waals surface area contributed by atoms with Gasteiger partial charge in [0, 0.05) is 5.22 Å². The Bertz CT molecular complexity index is 406. The molecule has 10 heavy (non-hydrogen) atoms. The molecule has 1 N–H and O–H groups in total. The van der Waals surface area contributed by atoms with E-state index in [0.29, 0.717) is 5.65 Å². The van der Waals surface area contributed by atoms with E-state index < -0.39 is 0 Å². The van der Waals surface area contributed by atoms with Gasteiger partial charge < -0.3 is 5.11 Å². The molecule has 0 spiro atoms. The fourth-order valence-electron chi connectivity index (χ4n) is 0.856. The molecular weight excluding hydrogens is 130 g/mol. The molecule has 2 rings (SSSR count). The van der Waals surface area contributed by atoms with Gasteiger partial charge >= 0.3 is 0 Å². The van der Waals surface area contributed by atoms with Crippen LogP contribution in [0.15, 0.2) is 12.4 Å². The maximum atomic E-state index is 8.87. The predicted molar refractivity (Wildman–Crippen MR) is 35.4 cm³/mol. The Balaban J connectivity index is 3.03. The van der Waals surface area contributed by atoms with Gasteiger partial charge in [0.25, 0.3) is 0 Å². The van der Waals surface area contributed by atoms with Crippen LogP contribution in [0.2, 0.25) is 0 Å². The topological polar surface area (TPSA) is 50.4 Å².